The fourth-order valence-corrected chi connectivity index (χ4v) is 2.99. The Morgan fingerprint density at radius 2 is 1.92 bits per heavy atom. The number of halogens is 4. The van der Waals surface area contributed by atoms with Gasteiger partial charge in [0.2, 0.25) is 0 Å². The Balaban J connectivity index is 2.06. The van der Waals surface area contributed by atoms with Crippen molar-refractivity contribution in [2.45, 2.75) is 6.18 Å². The minimum absolute atomic E-state index is 0.0732. The minimum Gasteiger partial charge on any atom is -0.478 e. The van der Waals surface area contributed by atoms with Gasteiger partial charge in [-0.15, -0.1) is 11.3 Å². The highest BCUT2D eigenvalue weighted by atomic mass is 35.5. The molecule has 0 spiro atoms. The van der Waals surface area contributed by atoms with E-state index in [1.807, 2.05) is 0 Å². The molecule has 0 atom stereocenters. The van der Waals surface area contributed by atoms with Gasteiger partial charge in [0.25, 0.3) is 0 Å². The first kappa shape index (κ1) is 16.5. The van der Waals surface area contributed by atoms with Crippen molar-refractivity contribution in [1.29, 1.82) is 0 Å². The van der Waals surface area contributed by atoms with E-state index in [-0.39, 0.29) is 10.7 Å². The summed E-state index contributed by atoms with van der Waals surface area (Å²) in [6.45, 7) is 0. The highest BCUT2D eigenvalue weighted by molar-refractivity contribution is 7.13. The van der Waals surface area contributed by atoms with Crippen LogP contribution in [0.25, 0.3) is 22.0 Å². The molecule has 1 aromatic carbocycles. The predicted octanol–water partition coefficient (Wildman–Crippen LogP) is 4.57. The van der Waals surface area contributed by atoms with Gasteiger partial charge in [0.05, 0.1) is 5.69 Å². The van der Waals surface area contributed by atoms with Crippen molar-refractivity contribution < 1.29 is 23.1 Å². The fraction of sp³-hybridized carbons (Fsp3) is 0.0714. The van der Waals surface area contributed by atoms with Crippen LogP contribution < -0.4 is 0 Å². The third-order valence-electron chi connectivity index (χ3n) is 3.11. The maximum absolute atomic E-state index is 12.9. The molecule has 10 heteroatoms. The molecule has 3 rings (SSSR count). The van der Waals surface area contributed by atoms with Gasteiger partial charge in [-0.1, -0.05) is 23.7 Å². The third kappa shape index (κ3) is 3.00. The van der Waals surface area contributed by atoms with Crippen molar-refractivity contribution in [3.05, 3.63) is 45.9 Å². The van der Waals surface area contributed by atoms with Crippen molar-refractivity contribution >= 4 is 28.9 Å². The molecule has 2 heterocycles. The Labute approximate surface area is 141 Å². The van der Waals surface area contributed by atoms with Gasteiger partial charge in [-0.3, -0.25) is 5.10 Å². The topological polar surface area (TPSA) is 78.9 Å². The Hall–Kier alpha value is -2.39. The van der Waals surface area contributed by atoms with Gasteiger partial charge in [0.15, 0.2) is 5.69 Å². The monoisotopic (exact) mass is 373 g/mol. The summed E-state index contributed by atoms with van der Waals surface area (Å²) in [7, 11) is 0. The second-order valence-electron chi connectivity index (χ2n) is 4.67. The maximum Gasteiger partial charge on any atom is 0.433 e. The summed E-state index contributed by atoms with van der Waals surface area (Å²) in [6, 6.07) is 6.69. The second-order valence-corrected chi connectivity index (χ2v) is 5.96. The van der Waals surface area contributed by atoms with Crippen LogP contribution in [0.1, 0.15) is 16.1 Å². The number of hydrogen-bond acceptors (Lipinski definition) is 4. The van der Waals surface area contributed by atoms with Crippen LogP contribution in [0.4, 0.5) is 13.2 Å². The number of hydrogen-bond donors (Lipinski definition) is 2. The molecule has 0 aliphatic heterocycles. The van der Waals surface area contributed by atoms with Crippen LogP contribution in [0.3, 0.4) is 0 Å². The van der Waals surface area contributed by atoms with Crippen molar-refractivity contribution in [3.8, 4) is 22.0 Å². The Morgan fingerprint density at radius 3 is 2.50 bits per heavy atom. The number of alkyl halides is 3. The van der Waals surface area contributed by atoms with Crippen LogP contribution in [0, 0.1) is 0 Å². The zero-order chi connectivity index (χ0) is 17.5. The lowest BCUT2D eigenvalue weighted by Gasteiger charge is -2.04. The summed E-state index contributed by atoms with van der Waals surface area (Å²) in [5.41, 5.74) is -1.52. The van der Waals surface area contributed by atoms with Crippen LogP contribution >= 0.6 is 22.9 Å². The van der Waals surface area contributed by atoms with Crippen LogP contribution in [-0.2, 0) is 6.18 Å². The van der Waals surface area contributed by atoms with Gasteiger partial charge in [-0.25, -0.2) is 9.78 Å². The summed E-state index contributed by atoms with van der Waals surface area (Å²) >= 11 is 6.80. The predicted molar refractivity (Wildman–Crippen MR) is 82.1 cm³/mol. The van der Waals surface area contributed by atoms with E-state index in [0.29, 0.717) is 16.3 Å². The summed E-state index contributed by atoms with van der Waals surface area (Å²) in [6.07, 6.45) is -4.85. The summed E-state index contributed by atoms with van der Waals surface area (Å²) in [4.78, 5) is 15.4. The number of carboxylic acids is 1. The van der Waals surface area contributed by atoms with Gasteiger partial charge in [-0.05, 0) is 12.1 Å². The van der Waals surface area contributed by atoms with E-state index < -0.39 is 23.4 Å². The molecule has 0 aliphatic carbocycles. The van der Waals surface area contributed by atoms with E-state index in [1.54, 1.807) is 34.7 Å². The number of nitrogens with one attached hydrogen (secondary N) is 1. The molecule has 3 aromatic rings. The molecule has 0 saturated carbocycles. The molecule has 0 aliphatic rings. The van der Waals surface area contributed by atoms with E-state index in [0.717, 1.165) is 11.3 Å². The van der Waals surface area contributed by atoms with Gasteiger partial charge in [0, 0.05) is 16.0 Å². The number of nitrogens with zero attached hydrogens (tertiary/aromatic N) is 2. The Kier molecular flexibility index (Phi) is 4.06. The maximum atomic E-state index is 12.9. The molecule has 2 aromatic heterocycles. The standard InChI is InChI=1S/C14H7ClF3N3O2S/c15-7-3-1-6(2-4-7)8-5-24-12(19-8)10-9(13(22)23)11(21-20-10)14(16,17)18/h1-5H,(H,20,21)(H,22,23). The number of H-pyrrole nitrogens is 1. The average Bonchev–Trinajstić information content (AvgIpc) is 3.14. The average molecular weight is 374 g/mol. The molecule has 24 heavy (non-hydrogen) atoms. The molecule has 0 saturated heterocycles. The van der Waals surface area contributed by atoms with Crippen LogP contribution in [0.2, 0.25) is 5.02 Å². The molecule has 0 radical (unpaired) electrons. The Bertz CT molecular complexity index is 903. The molecule has 0 amide bonds. The zero-order valence-corrected chi connectivity index (χ0v) is 13.1. The molecule has 0 bridgehead atoms. The number of aromatic amines is 1. The minimum atomic E-state index is -4.85. The highest BCUT2D eigenvalue weighted by Crippen LogP contribution is 2.37. The molecular weight excluding hydrogens is 367 g/mol. The SMILES string of the molecule is O=C(O)c1c(-c2nc(-c3ccc(Cl)cc3)cs2)n[nH]c1C(F)(F)F. The first-order valence-corrected chi connectivity index (χ1v) is 7.64. The second kappa shape index (κ2) is 5.91. The van der Waals surface area contributed by atoms with Gasteiger partial charge < -0.3 is 5.11 Å². The number of rotatable bonds is 3. The Morgan fingerprint density at radius 1 is 1.25 bits per heavy atom. The molecule has 5 nitrogen and oxygen atoms in total. The summed E-state index contributed by atoms with van der Waals surface area (Å²) in [5, 5.41) is 16.6. The number of carbonyl (C=O) groups is 1. The largest absolute Gasteiger partial charge is 0.478 e. The van der Waals surface area contributed by atoms with Gasteiger partial charge in [-0.2, -0.15) is 18.3 Å². The van der Waals surface area contributed by atoms with E-state index in [4.69, 9.17) is 16.7 Å². The lowest BCUT2D eigenvalue weighted by Crippen LogP contribution is -2.12. The third-order valence-corrected chi connectivity index (χ3v) is 4.21. The molecule has 124 valence electrons. The zero-order valence-electron chi connectivity index (χ0n) is 11.6. The highest BCUT2D eigenvalue weighted by Gasteiger charge is 2.40. The lowest BCUT2D eigenvalue weighted by molar-refractivity contribution is -0.141. The molecule has 2 N–H and O–H groups in total. The number of benzene rings is 1. The molecule has 0 fully saturated rings. The van der Waals surface area contributed by atoms with Crippen molar-refractivity contribution in [2.24, 2.45) is 0 Å². The van der Waals surface area contributed by atoms with E-state index in [1.165, 1.54) is 0 Å². The van der Waals surface area contributed by atoms with E-state index in [9.17, 15) is 18.0 Å². The van der Waals surface area contributed by atoms with Crippen molar-refractivity contribution in [2.75, 3.05) is 0 Å². The summed E-state index contributed by atoms with van der Waals surface area (Å²) in [5.74, 6) is -1.73. The lowest BCUT2D eigenvalue weighted by atomic mass is 10.1. The van der Waals surface area contributed by atoms with Crippen LogP contribution in [0.5, 0.6) is 0 Å². The smallest absolute Gasteiger partial charge is 0.433 e. The number of aromatic carboxylic acids is 1. The summed E-state index contributed by atoms with van der Waals surface area (Å²) < 4.78 is 38.6. The van der Waals surface area contributed by atoms with Crippen molar-refractivity contribution in [3.63, 3.8) is 0 Å². The van der Waals surface area contributed by atoms with Gasteiger partial charge >= 0.3 is 12.1 Å². The normalized spacial score (nSPS) is 11.7. The van der Waals surface area contributed by atoms with Crippen LogP contribution in [0.15, 0.2) is 29.6 Å². The molecular formula is C14H7ClF3N3O2S. The quantitative estimate of drug-likeness (QED) is 0.704. The van der Waals surface area contributed by atoms with E-state index in [2.05, 4.69) is 10.1 Å². The van der Waals surface area contributed by atoms with Crippen molar-refractivity contribution in [1.82, 2.24) is 15.2 Å². The number of thiazole rings is 1. The number of carboxylic acid groups (broad SMARTS) is 1. The first-order chi connectivity index (χ1) is 11.3. The van der Waals surface area contributed by atoms with Gasteiger partial charge in [0.1, 0.15) is 16.3 Å². The van der Waals surface area contributed by atoms with Crippen LogP contribution in [-0.4, -0.2) is 26.3 Å². The van der Waals surface area contributed by atoms with E-state index >= 15 is 0 Å². The number of aromatic nitrogens is 3. The first-order valence-electron chi connectivity index (χ1n) is 6.38. The molecule has 0 unspecified atom stereocenters. The fourth-order valence-electron chi connectivity index (χ4n) is 2.05.